The van der Waals surface area contributed by atoms with Gasteiger partial charge in [-0.3, -0.25) is 4.79 Å². The van der Waals surface area contributed by atoms with Crippen LogP contribution in [0, 0.1) is 11.3 Å². The van der Waals surface area contributed by atoms with Crippen LogP contribution >= 0.6 is 0 Å². The summed E-state index contributed by atoms with van der Waals surface area (Å²) in [5.74, 6) is 0.0497. The summed E-state index contributed by atoms with van der Waals surface area (Å²) in [6, 6.07) is 9.12. The number of benzene rings is 1. The summed E-state index contributed by atoms with van der Waals surface area (Å²) in [6.07, 6.45) is 0.913. The fourth-order valence-electron chi connectivity index (χ4n) is 1.76. The molecule has 0 aliphatic heterocycles. The fraction of sp³-hybridized carbons (Fsp3) is 0.429. The monoisotopic (exact) mass is 246 g/mol. The second-order valence-corrected chi connectivity index (χ2v) is 4.08. The minimum atomic E-state index is -0.406. The number of ether oxygens (including phenoxy) is 1. The largest absolute Gasteiger partial charge is 0.357 e. The van der Waals surface area contributed by atoms with Gasteiger partial charge in [0.1, 0.15) is 0 Å². The van der Waals surface area contributed by atoms with Crippen LogP contribution in [0.3, 0.4) is 0 Å². The van der Waals surface area contributed by atoms with Crippen LogP contribution in [0.1, 0.15) is 37.1 Å². The SMILES string of the molecule is CCCC(=O)N(C)C(OC)c1ccc(C#N)cc1. The Morgan fingerprint density at radius 2 is 2.06 bits per heavy atom. The molecule has 0 aliphatic rings. The number of rotatable bonds is 5. The molecule has 1 rings (SSSR count). The Hall–Kier alpha value is -1.86. The fourth-order valence-corrected chi connectivity index (χ4v) is 1.76. The minimum absolute atomic E-state index is 0.0497. The summed E-state index contributed by atoms with van der Waals surface area (Å²) in [5.41, 5.74) is 1.46. The molecule has 18 heavy (non-hydrogen) atoms. The van der Waals surface area contributed by atoms with Crippen LogP contribution in [0.4, 0.5) is 0 Å². The maximum absolute atomic E-state index is 11.8. The van der Waals surface area contributed by atoms with Gasteiger partial charge in [0.25, 0.3) is 0 Å². The van der Waals surface area contributed by atoms with Crippen LogP contribution in [0.2, 0.25) is 0 Å². The molecular weight excluding hydrogens is 228 g/mol. The van der Waals surface area contributed by atoms with Gasteiger partial charge >= 0.3 is 0 Å². The quantitative estimate of drug-likeness (QED) is 0.750. The summed E-state index contributed by atoms with van der Waals surface area (Å²) in [7, 11) is 3.29. The highest BCUT2D eigenvalue weighted by Gasteiger charge is 2.20. The van der Waals surface area contributed by atoms with Crippen LogP contribution in [0.5, 0.6) is 0 Å². The van der Waals surface area contributed by atoms with Crippen LogP contribution < -0.4 is 0 Å². The predicted molar refractivity (Wildman–Crippen MR) is 68.6 cm³/mol. The number of nitriles is 1. The van der Waals surface area contributed by atoms with Crippen molar-refractivity contribution in [2.24, 2.45) is 0 Å². The van der Waals surface area contributed by atoms with Gasteiger partial charge in [-0.05, 0) is 18.6 Å². The van der Waals surface area contributed by atoms with Crippen LogP contribution in [0.15, 0.2) is 24.3 Å². The van der Waals surface area contributed by atoms with Crippen molar-refractivity contribution in [1.29, 1.82) is 5.26 Å². The highest BCUT2D eigenvalue weighted by Crippen LogP contribution is 2.21. The van der Waals surface area contributed by atoms with E-state index in [9.17, 15) is 4.79 Å². The maximum atomic E-state index is 11.8. The van der Waals surface area contributed by atoms with Crippen molar-refractivity contribution in [3.63, 3.8) is 0 Å². The first kappa shape index (κ1) is 14.2. The third-order valence-electron chi connectivity index (χ3n) is 2.76. The molecule has 1 aromatic carbocycles. The lowest BCUT2D eigenvalue weighted by Gasteiger charge is -2.27. The molecule has 0 fully saturated rings. The Kier molecular flexibility index (Phi) is 5.34. The molecule has 0 radical (unpaired) electrons. The van der Waals surface area contributed by atoms with E-state index in [1.165, 1.54) is 0 Å². The topological polar surface area (TPSA) is 53.3 Å². The third-order valence-corrected chi connectivity index (χ3v) is 2.76. The number of carbonyl (C=O) groups is 1. The van der Waals surface area contributed by atoms with Gasteiger partial charge in [0.05, 0.1) is 11.6 Å². The summed E-state index contributed by atoms with van der Waals surface area (Å²) in [6.45, 7) is 1.97. The number of nitrogens with zero attached hydrogens (tertiary/aromatic N) is 2. The van der Waals surface area contributed by atoms with E-state index < -0.39 is 6.23 Å². The van der Waals surface area contributed by atoms with Crippen LogP contribution in [0.25, 0.3) is 0 Å². The highest BCUT2D eigenvalue weighted by molar-refractivity contribution is 5.76. The zero-order chi connectivity index (χ0) is 13.5. The molecule has 0 aliphatic carbocycles. The van der Waals surface area contributed by atoms with Crippen LogP contribution in [-0.2, 0) is 9.53 Å². The van der Waals surface area contributed by atoms with Crippen molar-refractivity contribution >= 4 is 5.91 Å². The highest BCUT2D eigenvalue weighted by atomic mass is 16.5. The van der Waals surface area contributed by atoms with E-state index in [4.69, 9.17) is 10.00 Å². The molecule has 4 nitrogen and oxygen atoms in total. The van der Waals surface area contributed by atoms with Crippen molar-refractivity contribution in [3.8, 4) is 6.07 Å². The average molecular weight is 246 g/mol. The molecule has 96 valence electrons. The number of methoxy groups -OCH3 is 1. The lowest BCUT2D eigenvalue weighted by atomic mass is 10.1. The number of hydrogen-bond acceptors (Lipinski definition) is 3. The van der Waals surface area contributed by atoms with E-state index in [0.29, 0.717) is 12.0 Å². The normalized spacial score (nSPS) is 11.7. The van der Waals surface area contributed by atoms with E-state index >= 15 is 0 Å². The van der Waals surface area contributed by atoms with Gasteiger partial charge in [-0.15, -0.1) is 0 Å². The Morgan fingerprint density at radius 1 is 1.44 bits per heavy atom. The Bertz CT molecular complexity index is 434. The van der Waals surface area contributed by atoms with E-state index in [-0.39, 0.29) is 5.91 Å². The minimum Gasteiger partial charge on any atom is -0.357 e. The standard InChI is InChI=1S/C14H18N2O2/c1-4-5-13(17)16(2)14(18-3)12-8-6-11(10-15)7-9-12/h6-9,14H,4-5H2,1-3H3. The van der Waals surface area contributed by atoms with Crippen LogP contribution in [-0.4, -0.2) is 25.0 Å². The molecule has 1 amide bonds. The smallest absolute Gasteiger partial charge is 0.224 e. The molecule has 0 heterocycles. The first-order valence-corrected chi connectivity index (χ1v) is 5.92. The Labute approximate surface area is 108 Å². The van der Waals surface area contributed by atoms with Gasteiger partial charge in [0.15, 0.2) is 6.23 Å². The van der Waals surface area contributed by atoms with E-state index in [0.717, 1.165) is 12.0 Å². The van der Waals surface area contributed by atoms with Gasteiger partial charge < -0.3 is 9.64 Å². The van der Waals surface area contributed by atoms with Gasteiger partial charge in [-0.2, -0.15) is 5.26 Å². The van der Waals surface area contributed by atoms with Crippen molar-refractivity contribution in [2.75, 3.05) is 14.2 Å². The molecule has 1 atom stereocenters. The van der Waals surface area contributed by atoms with Crippen molar-refractivity contribution in [3.05, 3.63) is 35.4 Å². The van der Waals surface area contributed by atoms with Gasteiger partial charge in [0.2, 0.25) is 5.91 Å². The molecule has 0 aromatic heterocycles. The number of amides is 1. The molecular formula is C14H18N2O2. The average Bonchev–Trinajstić information content (AvgIpc) is 2.40. The molecule has 1 aromatic rings. The van der Waals surface area contributed by atoms with Gasteiger partial charge in [-0.25, -0.2) is 0 Å². The molecule has 0 saturated carbocycles. The zero-order valence-electron chi connectivity index (χ0n) is 11.0. The van der Waals surface area contributed by atoms with E-state index in [1.54, 1.807) is 31.2 Å². The lowest BCUT2D eigenvalue weighted by molar-refractivity contribution is -0.141. The second-order valence-electron chi connectivity index (χ2n) is 4.08. The van der Waals surface area contributed by atoms with Crippen molar-refractivity contribution < 1.29 is 9.53 Å². The first-order chi connectivity index (χ1) is 8.63. The summed E-state index contributed by atoms with van der Waals surface area (Å²) in [5, 5.41) is 8.75. The lowest BCUT2D eigenvalue weighted by Crippen LogP contribution is -2.32. The molecule has 1 unspecified atom stereocenters. The molecule has 0 saturated heterocycles. The maximum Gasteiger partial charge on any atom is 0.224 e. The van der Waals surface area contributed by atoms with E-state index in [2.05, 4.69) is 6.07 Å². The van der Waals surface area contributed by atoms with Gasteiger partial charge in [-0.1, -0.05) is 19.1 Å². The molecule has 0 N–H and O–H groups in total. The third kappa shape index (κ3) is 3.31. The van der Waals surface area contributed by atoms with Crippen molar-refractivity contribution in [1.82, 2.24) is 4.90 Å². The molecule has 4 heteroatoms. The molecule has 0 bridgehead atoms. The number of carbonyl (C=O) groups excluding carboxylic acids is 1. The Morgan fingerprint density at radius 3 is 2.50 bits per heavy atom. The number of hydrogen-bond donors (Lipinski definition) is 0. The predicted octanol–water partition coefficient (Wildman–Crippen LogP) is 2.46. The summed E-state index contributed by atoms with van der Waals surface area (Å²) in [4.78, 5) is 13.4. The van der Waals surface area contributed by atoms with Crippen molar-refractivity contribution in [2.45, 2.75) is 26.0 Å². The Balaban J connectivity index is 2.88. The first-order valence-electron chi connectivity index (χ1n) is 5.92. The summed E-state index contributed by atoms with van der Waals surface area (Å²) < 4.78 is 5.36. The van der Waals surface area contributed by atoms with E-state index in [1.807, 2.05) is 19.1 Å². The summed E-state index contributed by atoms with van der Waals surface area (Å²) >= 11 is 0. The second kappa shape index (κ2) is 6.77. The molecule has 0 spiro atoms. The zero-order valence-corrected chi connectivity index (χ0v) is 11.0. The van der Waals surface area contributed by atoms with Gasteiger partial charge in [0, 0.05) is 26.1 Å².